The Morgan fingerprint density at radius 1 is 0.808 bits per heavy atom. The Bertz CT molecular complexity index is 894. The SMILES string of the molecule is CC1=NN(C(=O)c2ccccc2)C(c2ccccc2)(c2ccccc2)C1. The van der Waals surface area contributed by atoms with Crippen LogP contribution in [0.15, 0.2) is 96.1 Å². The summed E-state index contributed by atoms with van der Waals surface area (Å²) in [6.07, 6.45) is 0.680. The van der Waals surface area contributed by atoms with Crippen molar-refractivity contribution in [3.05, 3.63) is 108 Å². The van der Waals surface area contributed by atoms with Gasteiger partial charge in [0, 0.05) is 17.7 Å². The molecule has 1 amide bonds. The number of carbonyl (C=O) groups excluding carboxylic acids is 1. The Morgan fingerprint density at radius 3 is 1.77 bits per heavy atom. The van der Waals surface area contributed by atoms with Gasteiger partial charge >= 0.3 is 0 Å². The first kappa shape index (κ1) is 16.3. The van der Waals surface area contributed by atoms with Crippen LogP contribution in [0.3, 0.4) is 0 Å². The van der Waals surface area contributed by atoms with E-state index in [1.54, 1.807) is 5.01 Å². The van der Waals surface area contributed by atoms with Gasteiger partial charge in [-0.05, 0) is 30.2 Å². The van der Waals surface area contributed by atoms with Gasteiger partial charge in [-0.15, -0.1) is 0 Å². The third kappa shape index (κ3) is 2.62. The molecule has 0 N–H and O–H groups in total. The third-order valence-corrected chi connectivity index (χ3v) is 4.86. The lowest BCUT2D eigenvalue weighted by Crippen LogP contribution is -2.44. The van der Waals surface area contributed by atoms with E-state index in [0.29, 0.717) is 12.0 Å². The highest BCUT2D eigenvalue weighted by molar-refractivity contribution is 5.98. The van der Waals surface area contributed by atoms with E-state index >= 15 is 0 Å². The Labute approximate surface area is 153 Å². The number of hydrogen-bond donors (Lipinski definition) is 0. The minimum Gasteiger partial charge on any atom is -0.267 e. The van der Waals surface area contributed by atoms with E-state index in [0.717, 1.165) is 16.8 Å². The standard InChI is InChI=1S/C23H20N2O/c1-18-17-23(20-13-7-3-8-14-20,21-15-9-4-10-16-21)25(24-18)22(26)19-11-5-2-6-12-19/h2-16H,17H2,1H3. The summed E-state index contributed by atoms with van der Waals surface area (Å²) in [6.45, 7) is 1.99. The maximum Gasteiger partial charge on any atom is 0.275 e. The number of hydrogen-bond acceptors (Lipinski definition) is 2. The molecule has 0 atom stereocenters. The number of rotatable bonds is 3. The molecule has 0 aromatic heterocycles. The van der Waals surface area contributed by atoms with Crippen LogP contribution in [0.1, 0.15) is 34.8 Å². The van der Waals surface area contributed by atoms with Crippen molar-refractivity contribution in [2.75, 3.05) is 0 Å². The van der Waals surface area contributed by atoms with Crippen LogP contribution in [0.2, 0.25) is 0 Å². The van der Waals surface area contributed by atoms with Crippen LogP contribution in [0.5, 0.6) is 0 Å². The van der Waals surface area contributed by atoms with Gasteiger partial charge in [0.15, 0.2) is 0 Å². The fourth-order valence-electron chi connectivity index (χ4n) is 3.70. The minimum atomic E-state index is -0.625. The molecule has 0 aliphatic carbocycles. The first-order valence-corrected chi connectivity index (χ1v) is 8.76. The molecular weight excluding hydrogens is 320 g/mol. The van der Waals surface area contributed by atoms with E-state index < -0.39 is 5.54 Å². The quantitative estimate of drug-likeness (QED) is 0.671. The third-order valence-electron chi connectivity index (χ3n) is 4.86. The molecule has 0 radical (unpaired) electrons. The van der Waals surface area contributed by atoms with Gasteiger partial charge in [-0.25, -0.2) is 5.01 Å². The van der Waals surface area contributed by atoms with Crippen molar-refractivity contribution in [2.24, 2.45) is 5.10 Å². The number of amides is 1. The highest BCUT2D eigenvalue weighted by Gasteiger charge is 2.47. The van der Waals surface area contributed by atoms with Crippen molar-refractivity contribution in [1.29, 1.82) is 0 Å². The lowest BCUT2D eigenvalue weighted by molar-refractivity contribution is 0.0610. The largest absolute Gasteiger partial charge is 0.275 e. The number of nitrogens with zero attached hydrogens (tertiary/aromatic N) is 2. The van der Waals surface area contributed by atoms with Gasteiger partial charge in [0.25, 0.3) is 5.91 Å². The van der Waals surface area contributed by atoms with Crippen molar-refractivity contribution in [3.8, 4) is 0 Å². The van der Waals surface area contributed by atoms with Crippen LogP contribution in [-0.4, -0.2) is 16.6 Å². The number of carbonyl (C=O) groups is 1. The fraction of sp³-hybridized carbons (Fsp3) is 0.130. The van der Waals surface area contributed by atoms with Crippen molar-refractivity contribution >= 4 is 11.6 Å². The molecule has 0 fully saturated rings. The highest BCUT2D eigenvalue weighted by atomic mass is 16.2. The molecule has 3 nitrogen and oxygen atoms in total. The second-order valence-electron chi connectivity index (χ2n) is 6.59. The summed E-state index contributed by atoms with van der Waals surface area (Å²) in [5, 5.41) is 6.34. The van der Waals surface area contributed by atoms with Gasteiger partial charge in [0.05, 0.1) is 0 Å². The summed E-state index contributed by atoms with van der Waals surface area (Å²) in [5.74, 6) is -0.0878. The predicted octanol–water partition coefficient (Wildman–Crippen LogP) is 4.85. The summed E-state index contributed by atoms with van der Waals surface area (Å²) < 4.78 is 0. The second kappa shape index (κ2) is 6.60. The first-order chi connectivity index (χ1) is 12.7. The first-order valence-electron chi connectivity index (χ1n) is 8.76. The van der Waals surface area contributed by atoms with E-state index in [2.05, 4.69) is 29.4 Å². The zero-order valence-electron chi connectivity index (χ0n) is 14.7. The molecular formula is C23H20N2O. The van der Waals surface area contributed by atoms with Crippen LogP contribution in [0, 0.1) is 0 Å². The molecule has 3 heteroatoms. The topological polar surface area (TPSA) is 32.7 Å². The number of hydrazone groups is 1. The van der Waals surface area contributed by atoms with Gasteiger partial charge in [-0.1, -0.05) is 78.9 Å². The molecule has 0 saturated heterocycles. The van der Waals surface area contributed by atoms with Gasteiger partial charge in [0.2, 0.25) is 0 Å². The number of benzene rings is 3. The highest BCUT2D eigenvalue weighted by Crippen LogP contribution is 2.44. The zero-order valence-corrected chi connectivity index (χ0v) is 14.7. The Kier molecular flexibility index (Phi) is 4.13. The van der Waals surface area contributed by atoms with Crippen molar-refractivity contribution in [1.82, 2.24) is 5.01 Å². The normalized spacial score (nSPS) is 15.6. The zero-order chi connectivity index (χ0) is 18.0. The van der Waals surface area contributed by atoms with Crippen molar-refractivity contribution in [2.45, 2.75) is 18.9 Å². The van der Waals surface area contributed by atoms with Crippen molar-refractivity contribution in [3.63, 3.8) is 0 Å². The monoisotopic (exact) mass is 340 g/mol. The van der Waals surface area contributed by atoms with Crippen LogP contribution in [-0.2, 0) is 5.54 Å². The Morgan fingerprint density at radius 2 is 1.27 bits per heavy atom. The maximum atomic E-state index is 13.4. The van der Waals surface area contributed by atoms with Crippen LogP contribution < -0.4 is 0 Å². The van der Waals surface area contributed by atoms with E-state index in [1.165, 1.54) is 0 Å². The van der Waals surface area contributed by atoms with Gasteiger partial charge in [-0.2, -0.15) is 5.10 Å². The smallest absolute Gasteiger partial charge is 0.267 e. The second-order valence-corrected chi connectivity index (χ2v) is 6.59. The summed E-state index contributed by atoms with van der Waals surface area (Å²) in [5.41, 5.74) is 3.09. The predicted molar refractivity (Wildman–Crippen MR) is 104 cm³/mol. The van der Waals surface area contributed by atoms with Crippen LogP contribution in [0.25, 0.3) is 0 Å². The molecule has 1 aliphatic rings. The lowest BCUT2D eigenvalue weighted by atomic mass is 9.79. The molecule has 4 rings (SSSR count). The van der Waals surface area contributed by atoms with Crippen molar-refractivity contribution < 1.29 is 4.79 Å². The van der Waals surface area contributed by atoms with Gasteiger partial charge < -0.3 is 0 Å². The van der Waals surface area contributed by atoms with E-state index in [9.17, 15) is 4.79 Å². The molecule has 0 saturated carbocycles. The fourth-order valence-corrected chi connectivity index (χ4v) is 3.70. The molecule has 128 valence electrons. The van der Waals surface area contributed by atoms with E-state index in [4.69, 9.17) is 0 Å². The summed E-state index contributed by atoms with van der Waals surface area (Å²) >= 11 is 0. The molecule has 3 aromatic carbocycles. The van der Waals surface area contributed by atoms with Crippen LogP contribution in [0.4, 0.5) is 0 Å². The van der Waals surface area contributed by atoms with E-state index in [-0.39, 0.29) is 5.91 Å². The van der Waals surface area contributed by atoms with Gasteiger partial charge in [-0.3, -0.25) is 4.79 Å². The summed E-state index contributed by atoms with van der Waals surface area (Å²) in [4.78, 5) is 13.4. The maximum absolute atomic E-state index is 13.4. The summed E-state index contributed by atoms with van der Waals surface area (Å²) in [7, 11) is 0. The Hall–Kier alpha value is -3.20. The molecule has 0 unspecified atom stereocenters. The average molecular weight is 340 g/mol. The molecule has 1 heterocycles. The molecule has 0 spiro atoms. The minimum absolute atomic E-state index is 0.0878. The van der Waals surface area contributed by atoms with Gasteiger partial charge in [0.1, 0.15) is 5.54 Å². The lowest BCUT2D eigenvalue weighted by Gasteiger charge is -2.37. The van der Waals surface area contributed by atoms with E-state index in [1.807, 2.05) is 73.7 Å². The molecule has 26 heavy (non-hydrogen) atoms. The Balaban J connectivity index is 1.91. The molecule has 1 aliphatic heterocycles. The summed E-state index contributed by atoms with van der Waals surface area (Å²) in [6, 6.07) is 29.7. The van der Waals surface area contributed by atoms with Crippen LogP contribution >= 0.6 is 0 Å². The molecule has 0 bridgehead atoms. The average Bonchev–Trinajstić information content (AvgIpc) is 3.08. The molecule has 3 aromatic rings.